The third-order valence-electron chi connectivity index (χ3n) is 3.67. The summed E-state index contributed by atoms with van der Waals surface area (Å²) in [6.07, 6.45) is 0. The second-order valence-electron chi connectivity index (χ2n) is 5.08. The van der Waals surface area contributed by atoms with Gasteiger partial charge in [0.15, 0.2) is 0 Å². The van der Waals surface area contributed by atoms with E-state index in [1.807, 2.05) is 36.4 Å². The number of aromatic nitrogens is 1. The van der Waals surface area contributed by atoms with Gasteiger partial charge in [-0.05, 0) is 36.4 Å². The first-order valence-electron chi connectivity index (χ1n) is 6.84. The van der Waals surface area contributed by atoms with E-state index in [2.05, 4.69) is 44.4 Å². The number of rotatable bonds is 2. The SMILES string of the molecule is Brc1ccc2nc(NC3COc4ccccc43)ccc2c1. The molecule has 1 N–H and O–H groups in total. The number of hydrogen-bond donors (Lipinski definition) is 1. The van der Waals surface area contributed by atoms with Crippen LogP contribution in [0.1, 0.15) is 11.6 Å². The highest BCUT2D eigenvalue weighted by Gasteiger charge is 2.23. The first-order chi connectivity index (χ1) is 10.3. The highest BCUT2D eigenvalue weighted by atomic mass is 79.9. The van der Waals surface area contributed by atoms with Crippen molar-refractivity contribution >= 4 is 32.7 Å². The Bertz CT molecular complexity index is 819. The maximum absolute atomic E-state index is 5.69. The van der Waals surface area contributed by atoms with Crippen molar-refractivity contribution < 1.29 is 4.74 Å². The Morgan fingerprint density at radius 1 is 1.10 bits per heavy atom. The molecule has 4 heteroatoms. The van der Waals surface area contributed by atoms with Crippen LogP contribution in [0.15, 0.2) is 59.1 Å². The molecule has 3 aromatic rings. The lowest BCUT2D eigenvalue weighted by Gasteiger charge is -2.13. The maximum Gasteiger partial charge on any atom is 0.127 e. The first kappa shape index (κ1) is 12.7. The number of nitrogens with zero attached hydrogens (tertiary/aromatic N) is 1. The summed E-state index contributed by atoms with van der Waals surface area (Å²) in [6.45, 7) is 0.638. The second kappa shape index (κ2) is 5.04. The molecule has 0 saturated heterocycles. The van der Waals surface area contributed by atoms with E-state index in [0.29, 0.717) is 6.61 Å². The molecule has 0 fully saturated rings. The molecule has 3 nitrogen and oxygen atoms in total. The molecule has 1 aliphatic rings. The monoisotopic (exact) mass is 340 g/mol. The smallest absolute Gasteiger partial charge is 0.127 e. The van der Waals surface area contributed by atoms with E-state index >= 15 is 0 Å². The predicted octanol–water partition coefficient (Wildman–Crippen LogP) is 4.54. The highest BCUT2D eigenvalue weighted by Crippen LogP contribution is 2.34. The number of hydrogen-bond acceptors (Lipinski definition) is 3. The summed E-state index contributed by atoms with van der Waals surface area (Å²) in [6, 6.07) is 18.5. The van der Waals surface area contributed by atoms with E-state index in [1.165, 1.54) is 5.56 Å². The van der Waals surface area contributed by atoms with Crippen LogP contribution in [-0.2, 0) is 0 Å². The van der Waals surface area contributed by atoms with Crippen molar-refractivity contribution in [1.82, 2.24) is 4.98 Å². The normalized spacial score (nSPS) is 16.5. The van der Waals surface area contributed by atoms with E-state index in [9.17, 15) is 0 Å². The summed E-state index contributed by atoms with van der Waals surface area (Å²) >= 11 is 3.48. The van der Waals surface area contributed by atoms with Crippen molar-refractivity contribution in [2.24, 2.45) is 0 Å². The van der Waals surface area contributed by atoms with Crippen molar-refractivity contribution in [1.29, 1.82) is 0 Å². The van der Waals surface area contributed by atoms with Gasteiger partial charge in [0.05, 0.1) is 11.6 Å². The number of pyridine rings is 1. The van der Waals surface area contributed by atoms with Crippen LogP contribution < -0.4 is 10.1 Å². The zero-order valence-corrected chi connectivity index (χ0v) is 12.8. The molecule has 2 aromatic carbocycles. The fraction of sp³-hybridized carbons (Fsp3) is 0.118. The fourth-order valence-corrected chi connectivity index (χ4v) is 3.02. The van der Waals surface area contributed by atoms with E-state index in [0.717, 1.165) is 26.9 Å². The van der Waals surface area contributed by atoms with Crippen LogP contribution in [0, 0.1) is 0 Å². The fourth-order valence-electron chi connectivity index (χ4n) is 2.64. The third-order valence-corrected chi connectivity index (χ3v) is 4.17. The van der Waals surface area contributed by atoms with Crippen molar-refractivity contribution in [2.75, 3.05) is 11.9 Å². The molecule has 1 unspecified atom stereocenters. The van der Waals surface area contributed by atoms with Gasteiger partial charge in [-0.25, -0.2) is 4.98 Å². The zero-order chi connectivity index (χ0) is 14.2. The van der Waals surface area contributed by atoms with Crippen LogP contribution >= 0.6 is 15.9 Å². The molecule has 1 aliphatic heterocycles. The minimum absolute atomic E-state index is 0.154. The van der Waals surface area contributed by atoms with Crippen molar-refractivity contribution in [3.05, 3.63) is 64.6 Å². The van der Waals surface area contributed by atoms with Gasteiger partial charge in [0.1, 0.15) is 18.2 Å². The summed E-state index contributed by atoms with van der Waals surface area (Å²) in [5.41, 5.74) is 2.17. The summed E-state index contributed by atoms with van der Waals surface area (Å²) in [7, 11) is 0. The van der Waals surface area contributed by atoms with Gasteiger partial charge in [-0.2, -0.15) is 0 Å². The second-order valence-corrected chi connectivity index (χ2v) is 5.99. The van der Waals surface area contributed by atoms with Gasteiger partial charge in [0, 0.05) is 15.4 Å². The van der Waals surface area contributed by atoms with Crippen LogP contribution in [0.25, 0.3) is 10.9 Å². The van der Waals surface area contributed by atoms with Crippen LogP contribution in [0.2, 0.25) is 0 Å². The van der Waals surface area contributed by atoms with Crippen molar-refractivity contribution in [3.8, 4) is 5.75 Å². The molecule has 0 radical (unpaired) electrons. The van der Waals surface area contributed by atoms with Crippen LogP contribution in [0.3, 0.4) is 0 Å². The average Bonchev–Trinajstić information content (AvgIpc) is 2.91. The lowest BCUT2D eigenvalue weighted by molar-refractivity contribution is 0.339. The quantitative estimate of drug-likeness (QED) is 0.743. The molecular weight excluding hydrogens is 328 g/mol. The Kier molecular flexibility index (Phi) is 3.04. The summed E-state index contributed by atoms with van der Waals surface area (Å²) in [5.74, 6) is 1.83. The van der Waals surface area contributed by atoms with E-state index in [1.54, 1.807) is 0 Å². The molecule has 0 amide bonds. The van der Waals surface area contributed by atoms with Crippen molar-refractivity contribution in [2.45, 2.75) is 6.04 Å². The topological polar surface area (TPSA) is 34.2 Å². The predicted molar refractivity (Wildman–Crippen MR) is 87.7 cm³/mol. The van der Waals surface area contributed by atoms with Gasteiger partial charge in [-0.15, -0.1) is 0 Å². The summed E-state index contributed by atoms with van der Waals surface area (Å²) < 4.78 is 6.76. The molecule has 21 heavy (non-hydrogen) atoms. The molecule has 0 saturated carbocycles. The molecule has 1 aromatic heterocycles. The Hall–Kier alpha value is -2.07. The number of ether oxygens (including phenoxy) is 1. The molecular formula is C17H13BrN2O. The van der Waals surface area contributed by atoms with Gasteiger partial charge in [0.25, 0.3) is 0 Å². The number of halogens is 1. The van der Waals surface area contributed by atoms with E-state index in [4.69, 9.17) is 4.74 Å². The van der Waals surface area contributed by atoms with E-state index < -0.39 is 0 Å². The van der Waals surface area contributed by atoms with Gasteiger partial charge < -0.3 is 10.1 Å². The Labute approximate surface area is 131 Å². The number of nitrogens with one attached hydrogen (secondary N) is 1. The van der Waals surface area contributed by atoms with Gasteiger partial charge >= 0.3 is 0 Å². The average molecular weight is 341 g/mol. The number of fused-ring (bicyclic) bond motifs is 2. The van der Waals surface area contributed by atoms with Crippen LogP contribution in [-0.4, -0.2) is 11.6 Å². The van der Waals surface area contributed by atoms with Gasteiger partial charge in [-0.1, -0.05) is 34.1 Å². The summed E-state index contributed by atoms with van der Waals surface area (Å²) in [4.78, 5) is 4.67. The number of para-hydroxylation sites is 1. The number of anilines is 1. The molecule has 0 spiro atoms. The summed E-state index contributed by atoms with van der Waals surface area (Å²) in [5, 5.41) is 4.58. The van der Waals surface area contributed by atoms with Gasteiger partial charge in [0.2, 0.25) is 0 Å². The Balaban J connectivity index is 1.65. The van der Waals surface area contributed by atoms with Crippen LogP contribution in [0.5, 0.6) is 5.75 Å². The van der Waals surface area contributed by atoms with E-state index in [-0.39, 0.29) is 6.04 Å². The standard InChI is InChI=1S/C17H13BrN2O/c18-12-6-7-14-11(9-12)5-8-17(19-14)20-15-10-21-16-4-2-1-3-13(15)16/h1-9,15H,10H2,(H,19,20). The Morgan fingerprint density at radius 3 is 2.95 bits per heavy atom. The molecule has 0 aliphatic carbocycles. The lowest BCUT2D eigenvalue weighted by atomic mass is 10.1. The molecule has 2 heterocycles. The molecule has 0 bridgehead atoms. The highest BCUT2D eigenvalue weighted by molar-refractivity contribution is 9.10. The lowest BCUT2D eigenvalue weighted by Crippen LogP contribution is -2.12. The molecule has 1 atom stereocenters. The molecule has 4 rings (SSSR count). The maximum atomic E-state index is 5.69. The van der Waals surface area contributed by atoms with Crippen molar-refractivity contribution in [3.63, 3.8) is 0 Å². The molecule has 104 valence electrons. The minimum atomic E-state index is 0.154. The minimum Gasteiger partial charge on any atom is -0.491 e. The largest absolute Gasteiger partial charge is 0.491 e. The van der Waals surface area contributed by atoms with Crippen LogP contribution in [0.4, 0.5) is 5.82 Å². The third kappa shape index (κ3) is 2.36. The Morgan fingerprint density at radius 2 is 2.00 bits per heavy atom. The van der Waals surface area contributed by atoms with Gasteiger partial charge in [-0.3, -0.25) is 0 Å². The number of benzene rings is 2. The zero-order valence-electron chi connectivity index (χ0n) is 11.2. The first-order valence-corrected chi connectivity index (χ1v) is 7.63.